The van der Waals surface area contributed by atoms with E-state index >= 15 is 0 Å². The van der Waals surface area contributed by atoms with Crippen LogP contribution in [0, 0.1) is 0 Å². The van der Waals surface area contributed by atoms with E-state index in [4.69, 9.17) is 9.52 Å². The lowest BCUT2D eigenvalue weighted by molar-refractivity contribution is 0.0978. The van der Waals surface area contributed by atoms with Crippen molar-refractivity contribution in [2.45, 2.75) is 25.7 Å². The van der Waals surface area contributed by atoms with E-state index in [-0.39, 0.29) is 11.5 Å². The van der Waals surface area contributed by atoms with Crippen LogP contribution in [-0.2, 0) is 6.42 Å². The van der Waals surface area contributed by atoms with Gasteiger partial charge in [-0.15, -0.1) is 0 Å². The van der Waals surface area contributed by atoms with Gasteiger partial charge in [0, 0.05) is 12.8 Å². The Labute approximate surface area is 85.6 Å². The summed E-state index contributed by atoms with van der Waals surface area (Å²) < 4.78 is 9.61. The summed E-state index contributed by atoms with van der Waals surface area (Å²) in [5.74, 6) is 0.450. The molecule has 0 aliphatic heterocycles. The molecule has 1 heterocycles. The molecule has 0 bridgehead atoms. The lowest BCUT2D eigenvalue weighted by Gasteiger charge is -1.99. The maximum Gasteiger partial charge on any atom is 0.511 e. The summed E-state index contributed by atoms with van der Waals surface area (Å²) in [6, 6.07) is 0. The fraction of sp³-hybridized carbons (Fsp3) is 0.400. The molecule has 1 aliphatic carbocycles. The molecule has 1 aromatic heterocycles. The molecule has 2 rings (SSSR count). The van der Waals surface area contributed by atoms with Gasteiger partial charge in [-0.25, -0.2) is 4.79 Å². The van der Waals surface area contributed by atoms with E-state index in [2.05, 4.69) is 4.74 Å². The standard InChI is InChI=1S/C10H10O5/c11-6-3-1-2-4-7-9(6)8(5-14-7)15-10(12)13/h5H,1-4H2,(H,12,13). The van der Waals surface area contributed by atoms with E-state index < -0.39 is 6.16 Å². The third-order valence-electron chi connectivity index (χ3n) is 2.37. The molecular formula is C10H10O5. The summed E-state index contributed by atoms with van der Waals surface area (Å²) >= 11 is 0. The Bertz CT molecular complexity index is 404. The molecule has 1 N–H and O–H groups in total. The molecular weight excluding hydrogens is 200 g/mol. The average Bonchev–Trinajstić information content (AvgIpc) is 2.45. The highest BCUT2D eigenvalue weighted by Gasteiger charge is 2.25. The molecule has 80 valence electrons. The van der Waals surface area contributed by atoms with Crippen LogP contribution in [-0.4, -0.2) is 17.0 Å². The van der Waals surface area contributed by atoms with Gasteiger partial charge in [0.2, 0.25) is 0 Å². The van der Waals surface area contributed by atoms with Gasteiger partial charge in [0.15, 0.2) is 11.5 Å². The van der Waals surface area contributed by atoms with Crippen LogP contribution in [0.5, 0.6) is 5.75 Å². The zero-order chi connectivity index (χ0) is 10.8. The smallest absolute Gasteiger partial charge is 0.465 e. The number of furan rings is 1. The Hall–Kier alpha value is -1.78. The van der Waals surface area contributed by atoms with Crippen molar-refractivity contribution in [1.82, 2.24) is 0 Å². The van der Waals surface area contributed by atoms with Crippen molar-refractivity contribution in [2.75, 3.05) is 0 Å². The lowest BCUT2D eigenvalue weighted by atomic mass is 10.1. The van der Waals surface area contributed by atoms with Crippen molar-refractivity contribution >= 4 is 11.9 Å². The molecule has 0 radical (unpaired) electrons. The normalized spacial score (nSPS) is 15.6. The van der Waals surface area contributed by atoms with Crippen molar-refractivity contribution < 1.29 is 23.8 Å². The maximum atomic E-state index is 11.6. The Morgan fingerprint density at radius 2 is 2.13 bits per heavy atom. The van der Waals surface area contributed by atoms with Gasteiger partial charge in [0.1, 0.15) is 17.6 Å². The van der Waals surface area contributed by atoms with Crippen LogP contribution in [0.4, 0.5) is 4.79 Å². The number of ether oxygens (including phenoxy) is 1. The summed E-state index contributed by atoms with van der Waals surface area (Å²) in [6.07, 6.45) is 2.50. The van der Waals surface area contributed by atoms with Gasteiger partial charge in [-0.1, -0.05) is 0 Å². The number of aryl methyl sites for hydroxylation is 1. The zero-order valence-corrected chi connectivity index (χ0v) is 7.99. The predicted octanol–water partition coefficient (Wildman–Crippen LogP) is 2.25. The molecule has 0 unspecified atom stereocenters. The van der Waals surface area contributed by atoms with E-state index in [1.54, 1.807) is 0 Å². The molecule has 5 nitrogen and oxygen atoms in total. The second-order valence-corrected chi connectivity index (χ2v) is 3.40. The molecule has 0 aromatic carbocycles. The number of Topliss-reactive ketones (excluding diaryl/α,β-unsaturated/α-hetero) is 1. The predicted molar refractivity (Wildman–Crippen MR) is 49.2 cm³/mol. The first-order valence-corrected chi connectivity index (χ1v) is 4.73. The number of hydrogen-bond donors (Lipinski definition) is 1. The second kappa shape index (κ2) is 3.76. The van der Waals surface area contributed by atoms with Gasteiger partial charge in [0.25, 0.3) is 0 Å². The third-order valence-corrected chi connectivity index (χ3v) is 2.37. The monoisotopic (exact) mass is 210 g/mol. The number of carbonyl (C=O) groups is 2. The van der Waals surface area contributed by atoms with Crippen molar-refractivity contribution in [1.29, 1.82) is 0 Å². The lowest BCUT2D eigenvalue weighted by Crippen LogP contribution is -2.07. The zero-order valence-electron chi connectivity index (χ0n) is 7.99. The fourth-order valence-electron chi connectivity index (χ4n) is 1.72. The molecule has 15 heavy (non-hydrogen) atoms. The number of rotatable bonds is 1. The minimum absolute atomic E-state index is 0.0180. The summed E-state index contributed by atoms with van der Waals surface area (Å²) in [4.78, 5) is 22.0. The molecule has 1 aromatic rings. The largest absolute Gasteiger partial charge is 0.511 e. The van der Waals surface area contributed by atoms with Crippen LogP contribution in [0.1, 0.15) is 35.4 Å². The van der Waals surface area contributed by atoms with Gasteiger partial charge in [0.05, 0.1) is 0 Å². The van der Waals surface area contributed by atoms with Crippen LogP contribution in [0.25, 0.3) is 0 Å². The van der Waals surface area contributed by atoms with E-state index in [0.717, 1.165) is 12.8 Å². The highest BCUT2D eigenvalue weighted by molar-refractivity contribution is 6.00. The van der Waals surface area contributed by atoms with Crippen LogP contribution in [0.3, 0.4) is 0 Å². The van der Waals surface area contributed by atoms with Crippen LogP contribution < -0.4 is 4.74 Å². The van der Waals surface area contributed by atoms with Crippen LogP contribution >= 0.6 is 0 Å². The fourth-order valence-corrected chi connectivity index (χ4v) is 1.72. The molecule has 1 aliphatic rings. The molecule has 0 saturated heterocycles. The minimum atomic E-state index is -1.43. The number of ketones is 1. The number of carboxylic acid groups (broad SMARTS) is 1. The molecule has 0 saturated carbocycles. The van der Waals surface area contributed by atoms with Gasteiger partial charge < -0.3 is 14.3 Å². The second-order valence-electron chi connectivity index (χ2n) is 3.40. The van der Waals surface area contributed by atoms with Crippen molar-refractivity contribution in [3.05, 3.63) is 17.6 Å². The first-order chi connectivity index (χ1) is 7.18. The first-order valence-electron chi connectivity index (χ1n) is 4.73. The van der Waals surface area contributed by atoms with Gasteiger partial charge in [-0.05, 0) is 12.8 Å². The molecule has 5 heteroatoms. The first kappa shape index (κ1) is 9.76. The average molecular weight is 210 g/mol. The van der Waals surface area contributed by atoms with E-state index in [1.165, 1.54) is 6.26 Å². The van der Waals surface area contributed by atoms with Crippen molar-refractivity contribution in [3.8, 4) is 5.75 Å². The highest BCUT2D eigenvalue weighted by Crippen LogP contribution is 2.30. The third kappa shape index (κ3) is 1.86. The Kier molecular flexibility index (Phi) is 2.45. The topological polar surface area (TPSA) is 76.7 Å². The number of carbonyl (C=O) groups excluding carboxylic acids is 1. The van der Waals surface area contributed by atoms with Gasteiger partial charge in [-0.3, -0.25) is 4.79 Å². The molecule has 0 atom stereocenters. The minimum Gasteiger partial charge on any atom is -0.465 e. The summed E-state index contributed by atoms with van der Waals surface area (Å²) in [5.41, 5.74) is 0.301. The Morgan fingerprint density at radius 1 is 1.40 bits per heavy atom. The number of fused-ring (bicyclic) bond motifs is 1. The van der Waals surface area contributed by atoms with E-state index in [9.17, 15) is 9.59 Å². The summed E-state index contributed by atoms with van der Waals surface area (Å²) in [7, 11) is 0. The highest BCUT2D eigenvalue weighted by atomic mass is 16.7. The SMILES string of the molecule is O=C(O)Oc1coc2c1C(=O)CCCC2. The van der Waals surface area contributed by atoms with E-state index in [1.807, 2.05) is 0 Å². The quantitative estimate of drug-likeness (QED) is 0.568. The van der Waals surface area contributed by atoms with Gasteiger partial charge >= 0.3 is 6.16 Å². The van der Waals surface area contributed by atoms with Crippen molar-refractivity contribution in [3.63, 3.8) is 0 Å². The maximum absolute atomic E-state index is 11.6. The van der Waals surface area contributed by atoms with E-state index in [0.29, 0.717) is 24.2 Å². The molecule has 0 fully saturated rings. The van der Waals surface area contributed by atoms with Crippen LogP contribution in [0.15, 0.2) is 10.7 Å². The number of hydrogen-bond acceptors (Lipinski definition) is 4. The summed E-state index contributed by atoms with van der Waals surface area (Å²) in [5, 5.41) is 8.47. The van der Waals surface area contributed by atoms with Gasteiger partial charge in [-0.2, -0.15) is 0 Å². The van der Waals surface area contributed by atoms with Crippen LogP contribution in [0.2, 0.25) is 0 Å². The van der Waals surface area contributed by atoms with Crippen molar-refractivity contribution in [2.24, 2.45) is 0 Å². The molecule has 0 spiro atoms. The molecule has 0 amide bonds. The summed E-state index contributed by atoms with van der Waals surface area (Å²) in [6.45, 7) is 0. The Balaban J connectivity index is 2.37. The Morgan fingerprint density at radius 3 is 2.87 bits per heavy atom.